The Balaban J connectivity index is 2.31. The third-order valence-corrected chi connectivity index (χ3v) is 2.91. The van der Waals surface area contributed by atoms with Crippen LogP contribution in [0.2, 0.25) is 0 Å². The first-order chi connectivity index (χ1) is 6.98. The Kier molecular flexibility index (Phi) is 2.30. The highest BCUT2D eigenvalue weighted by Crippen LogP contribution is 2.30. The van der Waals surface area contributed by atoms with Gasteiger partial charge in [-0.3, -0.25) is 4.79 Å². The molecule has 2 nitrogen and oxygen atoms in total. The van der Waals surface area contributed by atoms with Crippen molar-refractivity contribution >= 4 is 22.8 Å². The summed E-state index contributed by atoms with van der Waals surface area (Å²) in [5.41, 5.74) is 0.104. The molecule has 80 valence electrons. The first-order valence-electron chi connectivity index (χ1n) is 4.12. The second kappa shape index (κ2) is 3.37. The molecule has 6 heteroatoms. The first kappa shape index (κ1) is 10.2. The Morgan fingerprint density at radius 1 is 1.40 bits per heavy atom. The van der Waals surface area contributed by atoms with Crippen LogP contribution in [0.1, 0.15) is 4.88 Å². The maximum atomic E-state index is 12.3. The highest BCUT2D eigenvalue weighted by molar-refractivity contribution is 7.11. The molecule has 0 saturated carbocycles. The summed E-state index contributed by atoms with van der Waals surface area (Å²) >= 11 is 1.24. The van der Waals surface area contributed by atoms with Gasteiger partial charge in [-0.2, -0.15) is 13.2 Å². The van der Waals surface area contributed by atoms with E-state index in [-0.39, 0.29) is 5.57 Å². The molecule has 1 amide bonds. The van der Waals surface area contributed by atoms with E-state index in [1.807, 2.05) is 5.32 Å². The maximum absolute atomic E-state index is 12.3. The van der Waals surface area contributed by atoms with Crippen LogP contribution < -0.4 is 5.32 Å². The second-order valence-electron chi connectivity index (χ2n) is 3.05. The quantitative estimate of drug-likeness (QED) is 0.791. The van der Waals surface area contributed by atoms with Crippen molar-refractivity contribution in [3.8, 4) is 0 Å². The Hall–Kier alpha value is -1.30. The number of amides is 1. The van der Waals surface area contributed by atoms with E-state index in [0.29, 0.717) is 4.88 Å². The Bertz CT molecular complexity index is 407. The molecule has 0 spiro atoms. The fourth-order valence-corrected chi connectivity index (χ4v) is 2.05. The molecule has 0 aromatic carbocycles. The average Bonchev–Trinajstić information content (AvgIpc) is 2.69. The van der Waals surface area contributed by atoms with Crippen molar-refractivity contribution in [3.05, 3.63) is 28.5 Å². The van der Waals surface area contributed by atoms with Gasteiger partial charge in [0.1, 0.15) is 6.04 Å². The zero-order valence-electron chi connectivity index (χ0n) is 7.34. The van der Waals surface area contributed by atoms with E-state index >= 15 is 0 Å². The van der Waals surface area contributed by atoms with Crippen LogP contribution in [0.4, 0.5) is 13.2 Å². The zero-order chi connectivity index (χ0) is 11.1. The lowest BCUT2D eigenvalue weighted by molar-refractivity contribution is -0.148. The van der Waals surface area contributed by atoms with E-state index in [1.165, 1.54) is 11.3 Å². The van der Waals surface area contributed by atoms with E-state index in [1.54, 1.807) is 17.5 Å². The van der Waals surface area contributed by atoms with Gasteiger partial charge >= 0.3 is 6.18 Å². The molecule has 1 aliphatic heterocycles. The molecular weight excluding hydrogens is 227 g/mol. The number of alkyl halides is 3. The molecule has 2 rings (SSSR count). The summed E-state index contributed by atoms with van der Waals surface area (Å²) in [6, 6.07) is 1.45. The van der Waals surface area contributed by atoms with Crippen LogP contribution in [-0.2, 0) is 4.79 Å². The largest absolute Gasteiger partial charge is 0.412 e. The van der Waals surface area contributed by atoms with Crippen LogP contribution in [0.15, 0.2) is 23.6 Å². The molecule has 1 aromatic rings. The van der Waals surface area contributed by atoms with Crippen LogP contribution in [0.5, 0.6) is 0 Å². The van der Waals surface area contributed by atoms with Gasteiger partial charge < -0.3 is 5.32 Å². The van der Waals surface area contributed by atoms with Gasteiger partial charge in [-0.1, -0.05) is 6.07 Å². The minimum Gasteiger partial charge on any atom is -0.337 e. The second-order valence-corrected chi connectivity index (χ2v) is 4.00. The lowest BCUT2D eigenvalue weighted by Gasteiger charge is -2.12. The predicted molar refractivity (Wildman–Crippen MR) is 50.3 cm³/mol. The zero-order valence-corrected chi connectivity index (χ0v) is 8.15. The van der Waals surface area contributed by atoms with Gasteiger partial charge in [0.25, 0.3) is 5.91 Å². The molecular formula is C9H6F3NOS. The highest BCUT2D eigenvalue weighted by Gasteiger charge is 2.43. The maximum Gasteiger partial charge on any atom is 0.412 e. The number of hydrogen-bond acceptors (Lipinski definition) is 2. The summed E-state index contributed by atoms with van der Waals surface area (Å²) in [7, 11) is 0. The minimum absolute atomic E-state index is 0.104. The predicted octanol–water partition coefficient (Wildman–Crippen LogP) is 2.19. The van der Waals surface area contributed by atoms with Gasteiger partial charge in [-0.15, -0.1) is 11.3 Å². The molecule has 0 fully saturated rings. The van der Waals surface area contributed by atoms with E-state index in [9.17, 15) is 18.0 Å². The van der Waals surface area contributed by atoms with E-state index in [0.717, 1.165) is 6.08 Å². The van der Waals surface area contributed by atoms with Crippen molar-refractivity contribution in [3.63, 3.8) is 0 Å². The lowest BCUT2D eigenvalue weighted by Crippen LogP contribution is -2.39. The molecule has 0 radical (unpaired) electrons. The number of carbonyl (C=O) groups is 1. The topological polar surface area (TPSA) is 29.1 Å². The summed E-state index contributed by atoms with van der Waals surface area (Å²) in [4.78, 5) is 11.8. The Labute approximate surface area is 87.4 Å². The standard InChI is InChI=1S/C9H6F3NOS/c10-9(11,12)7-4-5(8(14)13-7)6-2-1-3-15-6/h1-4,7H,(H,13,14)/t7-/m1/s1. The van der Waals surface area contributed by atoms with Gasteiger partial charge in [-0.25, -0.2) is 0 Å². The van der Waals surface area contributed by atoms with Crippen molar-refractivity contribution in [1.82, 2.24) is 5.32 Å². The highest BCUT2D eigenvalue weighted by atomic mass is 32.1. The van der Waals surface area contributed by atoms with Crippen LogP contribution in [0.25, 0.3) is 5.57 Å². The van der Waals surface area contributed by atoms with E-state index in [2.05, 4.69) is 0 Å². The third kappa shape index (κ3) is 1.90. The van der Waals surface area contributed by atoms with Gasteiger partial charge in [0.05, 0.1) is 5.57 Å². The number of carbonyl (C=O) groups excluding carboxylic acids is 1. The van der Waals surface area contributed by atoms with Crippen LogP contribution >= 0.6 is 11.3 Å². The fourth-order valence-electron chi connectivity index (χ4n) is 1.31. The van der Waals surface area contributed by atoms with Crippen molar-refractivity contribution in [2.45, 2.75) is 12.2 Å². The number of halogens is 3. The number of rotatable bonds is 1. The third-order valence-electron chi connectivity index (χ3n) is 2.00. The molecule has 1 aliphatic rings. The summed E-state index contributed by atoms with van der Waals surface area (Å²) in [5, 5.41) is 3.59. The molecule has 0 saturated heterocycles. The molecule has 1 aromatic heterocycles. The molecule has 0 bridgehead atoms. The Morgan fingerprint density at radius 3 is 2.60 bits per heavy atom. The molecule has 0 unspecified atom stereocenters. The molecule has 1 atom stereocenters. The average molecular weight is 233 g/mol. The first-order valence-corrected chi connectivity index (χ1v) is 5.00. The van der Waals surface area contributed by atoms with Crippen molar-refractivity contribution in [1.29, 1.82) is 0 Å². The van der Waals surface area contributed by atoms with Crippen LogP contribution in [0, 0.1) is 0 Å². The summed E-state index contributed by atoms with van der Waals surface area (Å²) in [6.45, 7) is 0. The number of nitrogens with one attached hydrogen (secondary N) is 1. The molecule has 0 aliphatic carbocycles. The fraction of sp³-hybridized carbons (Fsp3) is 0.222. The Morgan fingerprint density at radius 2 is 2.13 bits per heavy atom. The SMILES string of the molecule is O=C1N[C@@H](C(F)(F)F)C=C1c1cccs1. The summed E-state index contributed by atoms with van der Waals surface area (Å²) in [6.07, 6.45) is -3.50. The monoisotopic (exact) mass is 233 g/mol. The van der Waals surface area contributed by atoms with E-state index in [4.69, 9.17) is 0 Å². The minimum atomic E-state index is -4.42. The normalized spacial score (nSPS) is 21.4. The van der Waals surface area contributed by atoms with Gasteiger partial charge in [-0.05, 0) is 17.5 Å². The van der Waals surface area contributed by atoms with Gasteiger partial charge in [0, 0.05) is 4.88 Å². The molecule has 1 N–H and O–H groups in total. The van der Waals surface area contributed by atoms with E-state index < -0.39 is 18.1 Å². The van der Waals surface area contributed by atoms with Gasteiger partial charge in [0.2, 0.25) is 0 Å². The lowest BCUT2D eigenvalue weighted by atomic mass is 10.2. The molecule has 15 heavy (non-hydrogen) atoms. The number of hydrogen-bond donors (Lipinski definition) is 1. The summed E-state index contributed by atoms with van der Waals surface area (Å²) in [5.74, 6) is -0.667. The van der Waals surface area contributed by atoms with Crippen molar-refractivity contribution in [2.24, 2.45) is 0 Å². The smallest absolute Gasteiger partial charge is 0.337 e. The number of thiophene rings is 1. The van der Waals surface area contributed by atoms with Gasteiger partial charge in [0.15, 0.2) is 0 Å². The van der Waals surface area contributed by atoms with Crippen LogP contribution in [-0.4, -0.2) is 18.1 Å². The molecule has 2 heterocycles. The van der Waals surface area contributed by atoms with Crippen molar-refractivity contribution < 1.29 is 18.0 Å². The summed E-state index contributed by atoms with van der Waals surface area (Å²) < 4.78 is 36.9. The van der Waals surface area contributed by atoms with Crippen molar-refractivity contribution in [2.75, 3.05) is 0 Å². The van der Waals surface area contributed by atoms with Crippen LogP contribution in [0.3, 0.4) is 0 Å².